The molecule has 22 heavy (non-hydrogen) atoms. The fourth-order valence-corrected chi connectivity index (χ4v) is 2.78. The number of likely N-dealkylation sites (tertiary alicyclic amines) is 1. The summed E-state index contributed by atoms with van der Waals surface area (Å²) in [5.74, 6) is -0.683. The number of halogens is 1. The standard InChI is InChI=1S/C16H15FN2O3/c17-12-3-1-2-10(6-12)14-7-13(20)9-19(14)16(22)11-4-5-15(21)18-8-11/h1-6,8,13-14,20H,7,9H2,(H,18,21). The number of aliphatic hydroxyl groups is 1. The number of carbonyl (C=O) groups excluding carboxylic acids is 1. The summed E-state index contributed by atoms with van der Waals surface area (Å²) in [6, 6.07) is 8.35. The number of hydrogen-bond acceptors (Lipinski definition) is 3. The summed E-state index contributed by atoms with van der Waals surface area (Å²) in [4.78, 5) is 27.6. The number of β-amino-alcohol motifs (C(OH)–C–C–N with tert-alkyl or cyclic N) is 1. The normalized spacial score (nSPS) is 21.1. The van der Waals surface area contributed by atoms with Gasteiger partial charge in [0.2, 0.25) is 5.56 Å². The molecule has 0 spiro atoms. The van der Waals surface area contributed by atoms with E-state index < -0.39 is 6.10 Å². The summed E-state index contributed by atoms with van der Waals surface area (Å²) in [5, 5.41) is 9.90. The maximum atomic E-state index is 13.4. The van der Waals surface area contributed by atoms with Gasteiger partial charge in [-0.3, -0.25) is 9.59 Å². The van der Waals surface area contributed by atoms with Crippen molar-refractivity contribution in [2.24, 2.45) is 0 Å². The molecule has 1 saturated heterocycles. The Kier molecular flexibility index (Phi) is 3.77. The van der Waals surface area contributed by atoms with Crippen molar-refractivity contribution >= 4 is 5.91 Å². The third kappa shape index (κ3) is 2.78. The van der Waals surface area contributed by atoms with Crippen LogP contribution in [0.1, 0.15) is 28.4 Å². The van der Waals surface area contributed by atoms with Crippen LogP contribution in [0.2, 0.25) is 0 Å². The van der Waals surface area contributed by atoms with E-state index in [-0.39, 0.29) is 29.9 Å². The molecule has 2 aromatic rings. The molecule has 5 nitrogen and oxygen atoms in total. The highest BCUT2D eigenvalue weighted by Gasteiger charge is 2.35. The van der Waals surface area contributed by atoms with Crippen molar-refractivity contribution in [1.82, 2.24) is 9.88 Å². The van der Waals surface area contributed by atoms with E-state index in [1.165, 1.54) is 35.4 Å². The van der Waals surface area contributed by atoms with E-state index in [4.69, 9.17) is 0 Å². The summed E-state index contributed by atoms with van der Waals surface area (Å²) in [7, 11) is 0. The van der Waals surface area contributed by atoms with Gasteiger partial charge in [0, 0.05) is 18.8 Å². The minimum Gasteiger partial charge on any atom is -0.391 e. The van der Waals surface area contributed by atoms with E-state index in [1.807, 2.05) is 0 Å². The Bertz CT molecular complexity index is 739. The van der Waals surface area contributed by atoms with E-state index in [9.17, 15) is 19.1 Å². The second-order valence-electron chi connectivity index (χ2n) is 5.36. The van der Waals surface area contributed by atoms with Crippen LogP contribution in [-0.4, -0.2) is 33.5 Å². The highest BCUT2D eigenvalue weighted by molar-refractivity contribution is 5.94. The molecule has 114 valence electrons. The molecule has 0 radical (unpaired) electrons. The lowest BCUT2D eigenvalue weighted by molar-refractivity contribution is 0.0715. The summed E-state index contributed by atoms with van der Waals surface area (Å²) in [6.45, 7) is 0.180. The largest absolute Gasteiger partial charge is 0.391 e. The van der Waals surface area contributed by atoms with Gasteiger partial charge in [-0.1, -0.05) is 12.1 Å². The molecule has 1 aliphatic rings. The summed E-state index contributed by atoms with van der Waals surface area (Å²) in [6.07, 6.45) is 1.05. The van der Waals surface area contributed by atoms with Gasteiger partial charge in [0.1, 0.15) is 5.82 Å². The van der Waals surface area contributed by atoms with E-state index in [0.717, 1.165) is 0 Å². The van der Waals surface area contributed by atoms with Crippen LogP contribution >= 0.6 is 0 Å². The Morgan fingerprint density at radius 2 is 2.14 bits per heavy atom. The summed E-state index contributed by atoms with van der Waals surface area (Å²) in [5.41, 5.74) is 0.684. The van der Waals surface area contributed by atoms with Crippen molar-refractivity contribution in [2.75, 3.05) is 6.54 Å². The van der Waals surface area contributed by atoms with Crippen LogP contribution in [0.5, 0.6) is 0 Å². The van der Waals surface area contributed by atoms with Gasteiger partial charge in [-0.25, -0.2) is 4.39 Å². The number of carbonyl (C=O) groups is 1. The van der Waals surface area contributed by atoms with Gasteiger partial charge in [-0.05, 0) is 30.2 Å². The second kappa shape index (κ2) is 5.73. The molecule has 0 aliphatic carbocycles. The maximum Gasteiger partial charge on any atom is 0.255 e. The summed E-state index contributed by atoms with van der Waals surface area (Å²) < 4.78 is 13.4. The first-order valence-electron chi connectivity index (χ1n) is 6.98. The number of nitrogens with zero attached hydrogens (tertiary/aromatic N) is 1. The lowest BCUT2D eigenvalue weighted by atomic mass is 10.0. The number of nitrogens with one attached hydrogen (secondary N) is 1. The third-order valence-corrected chi connectivity index (χ3v) is 3.80. The van der Waals surface area contributed by atoms with E-state index in [1.54, 1.807) is 12.1 Å². The molecule has 3 rings (SSSR count). The Morgan fingerprint density at radius 3 is 2.82 bits per heavy atom. The lowest BCUT2D eigenvalue weighted by Gasteiger charge is -2.24. The molecular formula is C16H15FN2O3. The van der Waals surface area contributed by atoms with Crippen LogP contribution in [0.15, 0.2) is 47.4 Å². The molecule has 6 heteroatoms. The molecular weight excluding hydrogens is 287 g/mol. The van der Waals surface area contributed by atoms with Crippen molar-refractivity contribution in [3.05, 3.63) is 69.9 Å². The predicted molar refractivity (Wildman–Crippen MR) is 77.9 cm³/mol. The smallest absolute Gasteiger partial charge is 0.255 e. The number of H-pyrrole nitrogens is 1. The van der Waals surface area contributed by atoms with Crippen molar-refractivity contribution < 1.29 is 14.3 Å². The van der Waals surface area contributed by atoms with Crippen LogP contribution in [-0.2, 0) is 0 Å². The van der Waals surface area contributed by atoms with Gasteiger partial charge < -0.3 is 15.0 Å². The number of aromatic amines is 1. The predicted octanol–water partition coefficient (Wildman–Crippen LogP) is 1.46. The first-order valence-corrected chi connectivity index (χ1v) is 6.98. The van der Waals surface area contributed by atoms with Gasteiger partial charge in [-0.2, -0.15) is 0 Å². The molecule has 2 heterocycles. The molecule has 1 aromatic carbocycles. The highest BCUT2D eigenvalue weighted by atomic mass is 19.1. The summed E-state index contributed by atoms with van der Waals surface area (Å²) >= 11 is 0. The Labute approximate surface area is 126 Å². The van der Waals surface area contributed by atoms with Crippen molar-refractivity contribution in [2.45, 2.75) is 18.6 Å². The Balaban J connectivity index is 1.92. The molecule has 1 fully saturated rings. The minimum absolute atomic E-state index is 0.180. The van der Waals surface area contributed by atoms with Gasteiger partial charge in [-0.15, -0.1) is 0 Å². The fraction of sp³-hybridized carbons (Fsp3) is 0.250. The number of amides is 1. The Morgan fingerprint density at radius 1 is 1.32 bits per heavy atom. The number of rotatable bonds is 2. The lowest BCUT2D eigenvalue weighted by Crippen LogP contribution is -2.32. The van der Waals surface area contributed by atoms with E-state index in [0.29, 0.717) is 17.5 Å². The third-order valence-electron chi connectivity index (χ3n) is 3.80. The molecule has 2 unspecified atom stereocenters. The minimum atomic E-state index is -0.653. The second-order valence-corrected chi connectivity index (χ2v) is 5.36. The molecule has 1 aliphatic heterocycles. The van der Waals surface area contributed by atoms with E-state index in [2.05, 4.69) is 4.98 Å². The number of pyridine rings is 1. The zero-order chi connectivity index (χ0) is 15.7. The van der Waals surface area contributed by atoms with Crippen LogP contribution in [0, 0.1) is 5.82 Å². The van der Waals surface area contributed by atoms with E-state index >= 15 is 0 Å². The number of benzene rings is 1. The zero-order valence-electron chi connectivity index (χ0n) is 11.7. The van der Waals surface area contributed by atoms with Crippen LogP contribution < -0.4 is 5.56 Å². The SMILES string of the molecule is O=C(c1ccc(=O)[nH]c1)N1CC(O)CC1c1cccc(F)c1. The first-order chi connectivity index (χ1) is 10.5. The van der Waals surface area contributed by atoms with Crippen LogP contribution in [0.3, 0.4) is 0 Å². The number of aliphatic hydroxyl groups excluding tert-OH is 1. The number of aromatic nitrogens is 1. The first kappa shape index (κ1) is 14.5. The van der Waals surface area contributed by atoms with Crippen molar-refractivity contribution in [1.29, 1.82) is 0 Å². The fourth-order valence-electron chi connectivity index (χ4n) is 2.78. The molecule has 1 aromatic heterocycles. The van der Waals surface area contributed by atoms with Gasteiger partial charge in [0.05, 0.1) is 17.7 Å². The van der Waals surface area contributed by atoms with Crippen molar-refractivity contribution in [3.8, 4) is 0 Å². The van der Waals surface area contributed by atoms with Gasteiger partial charge >= 0.3 is 0 Å². The van der Waals surface area contributed by atoms with Crippen LogP contribution in [0.4, 0.5) is 4.39 Å². The quantitative estimate of drug-likeness (QED) is 0.882. The molecule has 0 saturated carbocycles. The molecule has 2 atom stereocenters. The Hall–Kier alpha value is -2.47. The molecule has 1 amide bonds. The molecule has 2 N–H and O–H groups in total. The van der Waals surface area contributed by atoms with Crippen molar-refractivity contribution in [3.63, 3.8) is 0 Å². The highest BCUT2D eigenvalue weighted by Crippen LogP contribution is 2.33. The van der Waals surface area contributed by atoms with Gasteiger partial charge in [0.25, 0.3) is 5.91 Å². The maximum absolute atomic E-state index is 13.4. The average molecular weight is 302 g/mol. The molecule has 0 bridgehead atoms. The topological polar surface area (TPSA) is 73.4 Å². The average Bonchev–Trinajstić information content (AvgIpc) is 2.89. The monoisotopic (exact) mass is 302 g/mol. The van der Waals surface area contributed by atoms with Crippen LogP contribution in [0.25, 0.3) is 0 Å². The number of hydrogen-bond donors (Lipinski definition) is 2. The zero-order valence-corrected chi connectivity index (χ0v) is 11.7. The van der Waals surface area contributed by atoms with Gasteiger partial charge in [0.15, 0.2) is 0 Å².